The van der Waals surface area contributed by atoms with Gasteiger partial charge in [0.15, 0.2) is 5.82 Å². The van der Waals surface area contributed by atoms with E-state index in [1.54, 1.807) is 16.8 Å². The van der Waals surface area contributed by atoms with E-state index in [1.165, 1.54) is 23.9 Å². The topological polar surface area (TPSA) is 71.8 Å². The summed E-state index contributed by atoms with van der Waals surface area (Å²) in [5, 5.41) is 11.7. The van der Waals surface area contributed by atoms with Gasteiger partial charge in [-0.25, -0.2) is 9.07 Å². The average molecular weight is 446 g/mol. The van der Waals surface area contributed by atoms with E-state index in [9.17, 15) is 9.18 Å². The molecule has 8 heteroatoms. The van der Waals surface area contributed by atoms with Crippen LogP contribution >= 0.6 is 11.8 Å². The quantitative estimate of drug-likeness (QED) is 0.473. The Labute approximate surface area is 188 Å². The standard InChI is InChI=1S/C24H20FN5OS/c1-15-6-5-9-19(14-15)26-23(31)21-20(16-10-12-18(25)13-11-16)29-30-22(27-28-24(30)32-21)17-7-3-2-4-8-17/h2-14,20-21,29H,1H3,(H,26,31)/t20-,21+/m0/s1. The summed E-state index contributed by atoms with van der Waals surface area (Å²) in [5.41, 5.74) is 6.87. The highest BCUT2D eigenvalue weighted by molar-refractivity contribution is 8.00. The summed E-state index contributed by atoms with van der Waals surface area (Å²) in [6.07, 6.45) is 0. The molecule has 0 unspecified atom stereocenters. The number of carbonyl (C=O) groups is 1. The molecule has 0 bridgehead atoms. The lowest BCUT2D eigenvalue weighted by Gasteiger charge is -2.33. The minimum Gasteiger partial charge on any atom is -0.325 e. The Balaban J connectivity index is 1.51. The molecule has 0 saturated heterocycles. The van der Waals surface area contributed by atoms with E-state index in [0.717, 1.165) is 22.4 Å². The molecule has 1 aliphatic rings. The minimum atomic E-state index is -0.540. The monoisotopic (exact) mass is 445 g/mol. The molecule has 2 atom stereocenters. The highest BCUT2D eigenvalue weighted by Crippen LogP contribution is 2.39. The van der Waals surface area contributed by atoms with E-state index >= 15 is 0 Å². The van der Waals surface area contributed by atoms with Crippen LogP contribution in [0.25, 0.3) is 11.4 Å². The van der Waals surface area contributed by atoms with E-state index in [-0.39, 0.29) is 11.7 Å². The maximum Gasteiger partial charge on any atom is 0.240 e. The predicted octanol–water partition coefficient (Wildman–Crippen LogP) is 4.79. The minimum absolute atomic E-state index is 0.169. The number of aromatic nitrogens is 3. The summed E-state index contributed by atoms with van der Waals surface area (Å²) >= 11 is 1.33. The first-order chi connectivity index (χ1) is 15.6. The van der Waals surface area contributed by atoms with Crippen molar-refractivity contribution in [2.45, 2.75) is 23.4 Å². The van der Waals surface area contributed by atoms with Gasteiger partial charge in [-0.1, -0.05) is 66.4 Å². The smallest absolute Gasteiger partial charge is 0.240 e. The van der Waals surface area contributed by atoms with Gasteiger partial charge in [0.2, 0.25) is 11.1 Å². The van der Waals surface area contributed by atoms with E-state index in [4.69, 9.17) is 0 Å². The zero-order chi connectivity index (χ0) is 22.1. The lowest BCUT2D eigenvalue weighted by Crippen LogP contribution is -2.41. The van der Waals surface area contributed by atoms with Crippen LogP contribution in [0.15, 0.2) is 84.0 Å². The summed E-state index contributed by atoms with van der Waals surface area (Å²) in [4.78, 5) is 13.3. The molecule has 32 heavy (non-hydrogen) atoms. The Morgan fingerprint density at radius 3 is 2.56 bits per heavy atom. The van der Waals surface area contributed by atoms with Crippen LogP contribution in [0.4, 0.5) is 10.1 Å². The van der Waals surface area contributed by atoms with Gasteiger partial charge in [-0.05, 0) is 42.3 Å². The van der Waals surface area contributed by atoms with Crippen LogP contribution in [0.5, 0.6) is 0 Å². The Bertz CT molecular complexity index is 1260. The van der Waals surface area contributed by atoms with Crippen LogP contribution in [0.3, 0.4) is 0 Å². The lowest BCUT2D eigenvalue weighted by molar-refractivity contribution is -0.116. The fraction of sp³-hybridized carbons (Fsp3) is 0.125. The summed E-state index contributed by atoms with van der Waals surface area (Å²) < 4.78 is 15.4. The fourth-order valence-electron chi connectivity index (χ4n) is 3.69. The van der Waals surface area contributed by atoms with E-state index < -0.39 is 11.3 Å². The predicted molar refractivity (Wildman–Crippen MR) is 123 cm³/mol. The second-order valence-corrected chi connectivity index (χ2v) is 8.67. The van der Waals surface area contributed by atoms with Crippen molar-refractivity contribution in [3.8, 4) is 11.4 Å². The normalized spacial score (nSPS) is 17.3. The average Bonchev–Trinajstić information content (AvgIpc) is 3.22. The maximum atomic E-state index is 13.6. The van der Waals surface area contributed by atoms with Crippen molar-refractivity contribution in [1.29, 1.82) is 0 Å². The van der Waals surface area contributed by atoms with Crippen LogP contribution in [-0.2, 0) is 4.79 Å². The molecule has 5 rings (SSSR count). The zero-order valence-corrected chi connectivity index (χ0v) is 18.0. The van der Waals surface area contributed by atoms with Gasteiger partial charge in [-0.2, -0.15) is 0 Å². The van der Waals surface area contributed by atoms with E-state index in [2.05, 4.69) is 20.9 Å². The number of hydrogen-bond acceptors (Lipinski definition) is 5. The van der Waals surface area contributed by atoms with Gasteiger partial charge in [-0.3, -0.25) is 4.79 Å². The first-order valence-electron chi connectivity index (χ1n) is 10.2. The second-order valence-electron chi connectivity index (χ2n) is 7.56. The number of nitrogens with zero attached hydrogens (tertiary/aromatic N) is 3. The third kappa shape index (κ3) is 3.97. The SMILES string of the molecule is Cc1cccc(NC(=O)[C@@H]2Sc3nnc(-c4ccccc4)n3N[C@H]2c2ccc(F)cc2)c1. The number of halogens is 1. The van der Waals surface area contributed by atoms with Crippen molar-refractivity contribution < 1.29 is 9.18 Å². The fourth-order valence-corrected chi connectivity index (χ4v) is 4.77. The Kier molecular flexibility index (Phi) is 5.36. The summed E-state index contributed by atoms with van der Waals surface area (Å²) in [6, 6.07) is 23.1. The summed E-state index contributed by atoms with van der Waals surface area (Å²) in [7, 11) is 0. The highest BCUT2D eigenvalue weighted by Gasteiger charge is 2.38. The molecule has 3 aromatic carbocycles. The molecule has 2 N–H and O–H groups in total. The Morgan fingerprint density at radius 2 is 1.81 bits per heavy atom. The summed E-state index contributed by atoms with van der Waals surface area (Å²) in [5.74, 6) is 0.156. The lowest BCUT2D eigenvalue weighted by atomic mass is 10.0. The van der Waals surface area contributed by atoms with Crippen LogP contribution < -0.4 is 10.7 Å². The number of amides is 1. The number of thioether (sulfide) groups is 1. The molecule has 0 radical (unpaired) electrons. The number of fused-ring (bicyclic) bond motifs is 1. The summed E-state index contributed by atoms with van der Waals surface area (Å²) in [6.45, 7) is 1.97. The van der Waals surface area contributed by atoms with Crippen molar-refractivity contribution in [3.63, 3.8) is 0 Å². The van der Waals surface area contributed by atoms with Crippen molar-refractivity contribution in [3.05, 3.63) is 95.8 Å². The number of nitrogens with one attached hydrogen (secondary N) is 2. The third-order valence-corrected chi connectivity index (χ3v) is 6.46. The number of anilines is 1. The number of carbonyl (C=O) groups excluding carboxylic acids is 1. The van der Waals surface area contributed by atoms with Gasteiger partial charge in [0.25, 0.3) is 0 Å². The molecule has 0 spiro atoms. The largest absolute Gasteiger partial charge is 0.325 e. The molecule has 4 aromatic rings. The van der Waals surface area contributed by atoms with Crippen LogP contribution in [-0.4, -0.2) is 26.0 Å². The molecule has 1 amide bonds. The maximum absolute atomic E-state index is 13.6. The van der Waals surface area contributed by atoms with E-state index in [0.29, 0.717) is 11.0 Å². The molecule has 1 aliphatic heterocycles. The molecule has 1 aromatic heterocycles. The van der Waals surface area contributed by atoms with Crippen molar-refractivity contribution in [2.24, 2.45) is 0 Å². The molecule has 0 fully saturated rings. The van der Waals surface area contributed by atoms with Gasteiger partial charge in [0.1, 0.15) is 11.1 Å². The first kappa shape index (κ1) is 20.3. The second kappa shape index (κ2) is 8.47. The van der Waals surface area contributed by atoms with Gasteiger partial charge in [0, 0.05) is 11.3 Å². The molecular formula is C24H20FN5OS. The van der Waals surface area contributed by atoms with Crippen molar-refractivity contribution in [2.75, 3.05) is 10.7 Å². The molecule has 6 nitrogen and oxygen atoms in total. The number of benzene rings is 3. The third-order valence-electron chi connectivity index (χ3n) is 5.24. The Morgan fingerprint density at radius 1 is 1.03 bits per heavy atom. The van der Waals surface area contributed by atoms with Crippen LogP contribution in [0, 0.1) is 12.7 Å². The molecule has 0 aliphatic carbocycles. The molecule has 160 valence electrons. The zero-order valence-electron chi connectivity index (χ0n) is 17.2. The number of hydrogen-bond donors (Lipinski definition) is 2. The van der Waals surface area contributed by atoms with Crippen molar-refractivity contribution in [1.82, 2.24) is 14.9 Å². The molecule has 0 saturated carbocycles. The van der Waals surface area contributed by atoms with Crippen LogP contribution in [0.1, 0.15) is 17.2 Å². The van der Waals surface area contributed by atoms with Crippen LogP contribution in [0.2, 0.25) is 0 Å². The highest BCUT2D eigenvalue weighted by atomic mass is 32.2. The number of aryl methyl sites for hydroxylation is 1. The number of rotatable bonds is 4. The van der Waals surface area contributed by atoms with E-state index in [1.807, 2.05) is 61.5 Å². The molecular weight excluding hydrogens is 425 g/mol. The first-order valence-corrected chi connectivity index (χ1v) is 11.0. The van der Waals surface area contributed by atoms with Gasteiger partial charge in [0.05, 0.1) is 6.04 Å². The van der Waals surface area contributed by atoms with Gasteiger partial charge >= 0.3 is 0 Å². The van der Waals surface area contributed by atoms with Crippen molar-refractivity contribution >= 4 is 23.4 Å². The Hall–Kier alpha value is -3.65. The van der Waals surface area contributed by atoms with Gasteiger partial charge < -0.3 is 10.7 Å². The molecule has 2 heterocycles. The van der Waals surface area contributed by atoms with Gasteiger partial charge in [-0.15, -0.1) is 10.2 Å².